The van der Waals surface area contributed by atoms with E-state index in [0.717, 1.165) is 6.92 Å². The highest BCUT2D eigenvalue weighted by Crippen LogP contribution is 2.30. The van der Waals surface area contributed by atoms with Gasteiger partial charge in [0.2, 0.25) is 5.88 Å². The van der Waals surface area contributed by atoms with E-state index >= 15 is 0 Å². The highest BCUT2D eigenvalue weighted by molar-refractivity contribution is 5.49. The molecule has 1 aromatic rings. The van der Waals surface area contributed by atoms with Crippen LogP contribution in [0.4, 0.5) is 19.0 Å². The molecule has 0 aliphatic heterocycles. The predicted molar refractivity (Wildman–Crippen MR) is 75.8 cm³/mol. The van der Waals surface area contributed by atoms with Crippen LogP contribution in [0.3, 0.4) is 0 Å². The quantitative estimate of drug-likeness (QED) is 0.918. The molecule has 120 valence electrons. The van der Waals surface area contributed by atoms with E-state index in [1.807, 2.05) is 27.7 Å². The largest absolute Gasteiger partial charge is 0.465 e. The van der Waals surface area contributed by atoms with Gasteiger partial charge in [-0.1, -0.05) is 20.8 Å². The molecule has 0 amide bonds. The SMILES string of the molecule is CCNc1nc(C(C)(C)C)nc(OC(C)C(F)(F)F)c1C. The molecule has 21 heavy (non-hydrogen) atoms. The number of nitrogens with one attached hydrogen (secondary N) is 1. The smallest absolute Gasteiger partial charge is 0.425 e. The number of hydrogen-bond donors (Lipinski definition) is 1. The van der Waals surface area contributed by atoms with Gasteiger partial charge in [-0.3, -0.25) is 0 Å². The maximum atomic E-state index is 12.7. The lowest BCUT2D eigenvalue weighted by Gasteiger charge is -2.23. The summed E-state index contributed by atoms with van der Waals surface area (Å²) in [6.45, 7) is 10.8. The number of aromatic nitrogens is 2. The Kier molecular flexibility index (Phi) is 5.07. The summed E-state index contributed by atoms with van der Waals surface area (Å²) in [5, 5.41) is 3.03. The topological polar surface area (TPSA) is 47.0 Å². The van der Waals surface area contributed by atoms with E-state index in [0.29, 0.717) is 23.8 Å². The monoisotopic (exact) mass is 305 g/mol. The summed E-state index contributed by atoms with van der Waals surface area (Å²) in [7, 11) is 0. The van der Waals surface area contributed by atoms with Crippen molar-refractivity contribution in [3.8, 4) is 5.88 Å². The van der Waals surface area contributed by atoms with Gasteiger partial charge in [-0.15, -0.1) is 0 Å². The van der Waals surface area contributed by atoms with Crippen LogP contribution >= 0.6 is 0 Å². The first kappa shape index (κ1) is 17.5. The number of hydrogen-bond acceptors (Lipinski definition) is 4. The molecule has 7 heteroatoms. The molecular formula is C14H22F3N3O. The Morgan fingerprint density at radius 2 is 1.76 bits per heavy atom. The van der Waals surface area contributed by atoms with Gasteiger partial charge in [-0.05, 0) is 20.8 Å². The summed E-state index contributed by atoms with van der Waals surface area (Å²) >= 11 is 0. The number of anilines is 1. The third-order valence-corrected chi connectivity index (χ3v) is 2.87. The minimum Gasteiger partial charge on any atom is -0.465 e. The van der Waals surface area contributed by atoms with Crippen LogP contribution in [0.25, 0.3) is 0 Å². The van der Waals surface area contributed by atoms with Crippen molar-refractivity contribution in [1.82, 2.24) is 9.97 Å². The lowest BCUT2D eigenvalue weighted by atomic mass is 9.95. The average molecular weight is 305 g/mol. The summed E-state index contributed by atoms with van der Waals surface area (Å²) in [5.74, 6) is 0.908. The van der Waals surface area contributed by atoms with Crippen molar-refractivity contribution in [1.29, 1.82) is 0 Å². The van der Waals surface area contributed by atoms with Crippen LogP contribution in [-0.2, 0) is 5.41 Å². The Bertz CT molecular complexity index is 495. The molecule has 0 saturated carbocycles. The molecule has 4 nitrogen and oxygen atoms in total. The molecule has 1 aromatic heterocycles. The lowest BCUT2D eigenvalue weighted by Crippen LogP contribution is -2.32. The normalized spacial score (nSPS) is 14.0. The van der Waals surface area contributed by atoms with E-state index in [9.17, 15) is 13.2 Å². The zero-order valence-corrected chi connectivity index (χ0v) is 13.2. The Labute approximate surface area is 123 Å². The zero-order chi connectivity index (χ0) is 16.4. The fourth-order valence-electron chi connectivity index (χ4n) is 1.52. The van der Waals surface area contributed by atoms with Gasteiger partial charge in [0.05, 0.1) is 5.56 Å². The van der Waals surface area contributed by atoms with E-state index in [-0.39, 0.29) is 5.88 Å². The van der Waals surface area contributed by atoms with E-state index in [1.54, 1.807) is 6.92 Å². The van der Waals surface area contributed by atoms with Gasteiger partial charge in [0.25, 0.3) is 0 Å². The highest BCUT2D eigenvalue weighted by Gasteiger charge is 2.39. The average Bonchev–Trinajstić information content (AvgIpc) is 2.31. The molecule has 1 rings (SSSR count). The van der Waals surface area contributed by atoms with Crippen LogP contribution in [0, 0.1) is 6.92 Å². The fraction of sp³-hybridized carbons (Fsp3) is 0.714. The van der Waals surface area contributed by atoms with Gasteiger partial charge >= 0.3 is 6.18 Å². The number of nitrogens with zero attached hydrogens (tertiary/aromatic N) is 2. The van der Waals surface area contributed by atoms with Gasteiger partial charge in [-0.25, -0.2) is 4.98 Å². The van der Waals surface area contributed by atoms with Crippen LogP contribution in [0.15, 0.2) is 0 Å². The summed E-state index contributed by atoms with van der Waals surface area (Å²) in [6, 6.07) is 0. The second-order valence-corrected chi connectivity index (χ2v) is 5.91. The van der Waals surface area contributed by atoms with Crippen LogP contribution in [0.2, 0.25) is 0 Å². The van der Waals surface area contributed by atoms with Crippen molar-refractivity contribution in [2.45, 2.75) is 59.2 Å². The summed E-state index contributed by atoms with van der Waals surface area (Å²) in [5.41, 5.74) is 0.0817. The van der Waals surface area contributed by atoms with Gasteiger partial charge in [0.1, 0.15) is 11.6 Å². The van der Waals surface area contributed by atoms with Gasteiger partial charge in [0, 0.05) is 12.0 Å². The summed E-state index contributed by atoms with van der Waals surface area (Å²) < 4.78 is 43.0. The molecule has 1 N–H and O–H groups in total. The zero-order valence-electron chi connectivity index (χ0n) is 13.2. The Morgan fingerprint density at radius 3 is 2.19 bits per heavy atom. The molecule has 0 saturated heterocycles. The molecule has 0 aromatic carbocycles. The minimum absolute atomic E-state index is 0.0318. The van der Waals surface area contributed by atoms with Crippen LogP contribution in [0.5, 0.6) is 5.88 Å². The Hall–Kier alpha value is -1.53. The van der Waals surface area contributed by atoms with Crippen LogP contribution in [0.1, 0.15) is 46.0 Å². The van der Waals surface area contributed by atoms with Crippen molar-refractivity contribution in [2.24, 2.45) is 0 Å². The predicted octanol–water partition coefficient (Wildman–Crippen LogP) is 3.84. The van der Waals surface area contributed by atoms with E-state index in [2.05, 4.69) is 15.3 Å². The first-order chi connectivity index (χ1) is 9.46. The molecule has 0 spiro atoms. The van der Waals surface area contributed by atoms with Crippen molar-refractivity contribution in [3.63, 3.8) is 0 Å². The molecule has 1 unspecified atom stereocenters. The maximum absolute atomic E-state index is 12.7. The van der Waals surface area contributed by atoms with E-state index in [4.69, 9.17) is 4.74 Å². The minimum atomic E-state index is -4.43. The van der Waals surface area contributed by atoms with Crippen molar-refractivity contribution >= 4 is 5.82 Å². The molecule has 1 atom stereocenters. The van der Waals surface area contributed by atoms with E-state index in [1.165, 1.54) is 0 Å². The number of rotatable bonds is 4. The second kappa shape index (κ2) is 6.07. The number of alkyl halides is 3. The standard InChI is InChI=1S/C14H22F3N3O/c1-7-18-10-8(2)11(21-9(3)14(15,16)17)20-12(19-10)13(4,5)6/h9H,7H2,1-6H3,(H,18,19,20). The summed E-state index contributed by atoms with van der Waals surface area (Å²) in [6.07, 6.45) is -6.36. The fourth-order valence-corrected chi connectivity index (χ4v) is 1.52. The molecule has 0 radical (unpaired) electrons. The van der Waals surface area contributed by atoms with E-state index < -0.39 is 17.7 Å². The Balaban J connectivity index is 3.26. The van der Waals surface area contributed by atoms with Crippen molar-refractivity contribution < 1.29 is 17.9 Å². The second-order valence-electron chi connectivity index (χ2n) is 5.91. The maximum Gasteiger partial charge on any atom is 0.425 e. The van der Waals surface area contributed by atoms with Crippen molar-refractivity contribution in [3.05, 3.63) is 11.4 Å². The molecular weight excluding hydrogens is 283 g/mol. The molecule has 0 aliphatic carbocycles. The van der Waals surface area contributed by atoms with Crippen molar-refractivity contribution in [2.75, 3.05) is 11.9 Å². The number of halogens is 3. The van der Waals surface area contributed by atoms with Gasteiger partial charge < -0.3 is 10.1 Å². The van der Waals surface area contributed by atoms with Crippen LogP contribution in [-0.4, -0.2) is 28.8 Å². The van der Waals surface area contributed by atoms with Crippen LogP contribution < -0.4 is 10.1 Å². The first-order valence-electron chi connectivity index (χ1n) is 6.83. The summed E-state index contributed by atoms with van der Waals surface area (Å²) in [4.78, 5) is 8.55. The highest BCUT2D eigenvalue weighted by atomic mass is 19.4. The third kappa shape index (κ3) is 4.47. The molecule has 1 heterocycles. The molecule has 0 aliphatic rings. The van der Waals surface area contributed by atoms with Gasteiger partial charge in [0.15, 0.2) is 6.10 Å². The molecule has 0 fully saturated rings. The molecule has 0 bridgehead atoms. The lowest BCUT2D eigenvalue weighted by molar-refractivity contribution is -0.190. The first-order valence-corrected chi connectivity index (χ1v) is 6.83. The third-order valence-electron chi connectivity index (χ3n) is 2.87. The van der Waals surface area contributed by atoms with Gasteiger partial charge in [-0.2, -0.15) is 18.2 Å². The number of ether oxygens (including phenoxy) is 1. The Morgan fingerprint density at radius 1 is 1.19 bits per heavy atom.